The Morgan fingerprint density at radius 2 is 1.96 bits per heavy atom. The van der Waals surface area contributed by atoms with Crippen LogP contribution in [0.5, 0.6) is 5.75 Å². The van der Waals surface area contributed by atoms with Crippen LogP contribution in [0, 0.1) is 12.8 Å². The summed E-state index contributed by atoms with van der Waals surface area (Å²) in [5.41, 5.74) is 1.08. The van der Waals surface area contributed by atoms with E-state index >= 15 is 0 Å². The number of furan rings is 1. The zero-order chi connectivity index (χ0) is 19.2. The molecule has 0 saturated heterocycles. The fourth-order valence-corrected chi connectivity index (χ4v) is 3.77. The van der Waals surface area contributed by atoms with Crippen LogP contribution in [-0.2, 0) is 6.61 Å². The van der Waals surface area contributed by atoms with Crippen LogP contribution < -0.4 is 10.1 Å². The molecule has 3 rings (SSSR count). The minimum atomic E-state index is -0.132. The van der Waals surface area contributed by atoms with E-state index in [4.69, 9.17) is 9.15 Å². The summed E-state index contributed by atoms with van der Waals surface area (Å²) in [5, 5.41) is 3.19. The molecule has 1 N–H and O–H groups in total. The van der Waals surface area contributed by atoms with Crippen molar-refractivity contribution in [3.63, 3.8) is 0 Å². The average molecular weight is 370 g/mol. The van der Waals surface area contributed by atoms with E-state index in [2.05, 4.69) is 24.3 Å². The average Bonchev–Trinajstić information content (AvgIpc) is 3.11. The van der Waals surface area contributed by atoms with Gasteiger partial charge in [-0.3, -0.25) is 4.79 Å². The molecule has 1 aliphatic rings. The summed E-state index contributed by atoms with van der Waals surface area (Å²) in [6.07, 6.45) is 4.61. The number of ether oxygens (including phenoxy) is 1. The molecule has 0 bridgehead atoms. The fourth-order valence-electron chi connectivity index (χ4n) is 3.77. The van der Waals surface area contributed by atoms with E-state index in [9.17, 15) is 4.79 Å². The van der Waals surface area contributed by atoms with Gasteiger partial charge in [-0.25, -0.2) is 0 Å². The Labute approximate surface area is 161 Å². The van der Waals surface area contributed by atoms with Crippen molar-refractivity contribution in [1.82, 2.24) is 10.2 Å². The number of rotatable bonds is 7. The number of para-hydroxylation sites is 1. The molecule has 2 aromatic rings. The Kier molecular flexibility index (Phi) is 6.56. The summed E-state index contributed by atoms with van der Waals surface area (Å²) in [6, 6.07) is 11.6. The lowest BCUT2D eigenvalue weighted by molar-refractivity contribution is 0.0863. The highest BCUT2D eigenvalue weighted by atomic mass is 16.5. The number of carbonyl (C=O) groups is 1. The molecule has 1 aliphatic carbocycles. The van der Waals surface area contributed by atoms with E-state index in [-0.39, 0.29) is 11.9 Å². The van der Waals surface area contributed by atoms with E-state index in [0.29, 0.717) is 24.0 Å². The van der Waals surface area contributed by atoms with Gasteiger partial charge >= 0.3 is 0 Å². The number of aryl methyl sites for hydroxylation is 1. The summed E-state index contributed by atoms with van der Waals surface area (Å²) in [5.74, 6) is 2.20. The van der Waals surface area contributed by atoms with Crippen LogP contribution in [0.4, 0.5) is 0 Å². The number of hydrogen-bond acceptors (Lipinski definition) is 4. The first-order valence-corrected chi connectivity index (χ1v) is 9.75. The van der Waals surface area contributed by atoms with Crippen LogP contribution in [0.2, 0.25) is 0 Å². The van der Waals surface area contributed by atoms with Crippen molar-refractivity contribution in [2.75, 3.05) is 20.6 Å². The third-order valence-corrected chi connectivity index (χ3v) is 5.17. The molecule has 1 aromatic heterocycles. The molecule has 1 fully saturated rings. The molecule has 1 amide bonds. The number of hydrogen-bond donors (Lipinski definition) is 1. The van der Waals surface area contributed by atoms with Crippen molar-refractivity contribution >= 4 is 5.91 Å². The summed E-state index contributed by atoms with van der Waals surface area (Å²) < 4.78 is 11.5. The number of nitrogens with zero attached hydrogens (tertiary/aromatic N) is 1. The Morgan fingerprint density at radius 1 is 1.19 bits per heavy atom. The molecule has 5 nitrogen and oxygen atoms in total. The maximum atomic E-state index is 12.6. The highest BCUT2D eigenvalue weighted by Gasteiger charge is 2.28. The first-order valence-electron chi connectivity index (χ1n) is 9.75. The first kappa shape index (κ1) is 19.5. The van der Waals surface area contributed by atoms with Crippen LogP contribution in [0.25, 0.3) is 0 Å². The van der Waals surface area contributed by atoms with Gasteiger partial charge < -0.3 is 19.4 Å². The molecule has 0 radical (unpaired) electrons. The summed E-state index contributed by atoms with van der Waals surface area (Å²) >= 11 is 0. The second-order valence-corrected chi connectivity index (χ2v) is 7.71. The monoisotopic (exact) mass is 370 g/mol. The van der Waals surface area contributed by atoms with Crippen molar-refractivity contribution in [3.8, 4) is 5.75 Å². The summed E-state index contributed by atoms with van der Waals surface area (Å²) in [6.45, 7) is 3.31. The second kappa shape index (κ2) is 9.09. The smallest absolute Gasteiger partial charge is 0.287 e. The van der Waals surface area contributed by atoms with Crippen molar-refractivity contribution in [1.29, 1.82) is 0 Å². The van der Waals surface area contributed by atoms with Crippen molar-refractivity contribution in [3.05, 3.63) is 53.5 Å². The van der Waals surface area contributed by atoms with E-state index in [1.165, 1.54) is 12.8 Å². The van der Waals surface area contributed by atoms with Crippen molar-refractivity contribution in [2.24, 2.45) is 5.92 Å². The largest absolute Gasteiger partial charge is 0.485 e. The molecule has 1 aromatic carbocycles. The number of nitrogens with one attached hydrogen (secondary N) is 1. The predicted molar refractivity (Wildman–Crippen MR) is 106 cm³/mol. The molecule has 146 valence electrons. The molecule has 1 heterocycles. The van der Waals surface area contributed by atoms with Gasteiger partial charge in [0.25, 0.3) is 5.91 Å². The Balaban J connectivity index is 1.57. The quantitative estimate of drug-likeness (QED) is 0.800. The third-order valence-electron chi connectivity index (χ3n) is 5.17. The zero-order valence-corrected chi connectivity index (χ0v) is 16.5. The standard InChI is InChI=1S/C22H30N2O3/c1-16-8-4-7-11-20(16)26-15-18-12-13-21(27-18)22(25)23-19-10-6-5-9-17(19)14-24(2)3/h4,7-8,11-13,17,19H,5-6,9-10,14-15H2,1-3H3,(H,23,25). The van der Waals surface area contributed by atoms with Crippen molar-refractivity contribution in [2.45, 2.75) is 45.3 Å². The van der Waals surface area contributed by atoms with Crippen molar-refractivity contribution < 1.29 is 13.9 Å². The van der Waals surface area contributed by atoms with Crippen LogP contribution in [0.1, 0.15) is 47.6 Å². The number of benzene rings is 1. The number of amides is 1. The minimum Gasteiger partial charge on any atom is -0.485 e. The molecule has 1 saturated carbocycles. The van der Waals surface area contributed by atoms with E-state index in [1.807, 2.05) is 37.3 Å². The molecular formula is C22H30N2O3. The lowest BCUT2D eigenvalue weighted by Crippen LogP contribution is -2.45. The topological polar surface area (TPSA) is 54.7 Å². The highest BCUT2D eigenvalue weighted by Crippen LogP contribution is 2.25. The van der Waals surface area contributed by atoms with Gasteiger partial charge in [0.05, 0.1) is 0 Å². The normalized spacial score (nSPS) is 19.9. The lowest BCUT2D eigenvalue weighted by atomic mass is 9.84. The minimum absolute atomic E-state index is 0.132. The predicted octanol–water partition coefficient (Wildman–Crippen LogP) is 4.02. The Bertz CT molecular complexity index is 754. The number of carbonyl (C=O) groups excluding carboxylic acids is 1. The van der Waals surface area contributed by atoms with Gasteiger partial charge in [0.15, 0.2) is 5.76 Å². The molecule has 2 atom stereocenters. The molecule has 2 unspecified atom stereocenters. The molecule has 0 spiro atoms. The lowest BCUT2D eigenvalue weighted by Gasteiger charge is -2.33. The summed E-state index contributed by atoms with van der Waals surface area (Å²) in [4.78, 5) is 14.8. The van der Waals surface area contributed by atoms with Gasteiger partial charge in [-0.1, -0.05) is 31.0 Å². The van der Waals surface area contributed by atoms with Crippen LogP contribution in [-0.4, -0.2) is 37.5 Å². The first-order chi connectivity index (χ1) is 13.0. The molecular weight excluding hydrogens is 340 g/mol. The molecule has 0 aliphatic heterocycles. The second-order valence-electron chi connectivity index (χ2n) is 7.71. The van der Waals surface area contributed by atoms with Gasteiger partial charge in [0.1, 0.15) is 18.1 Å². The van der Waals surface area contributed by atoms with Crippen LogP contribution in [0.15, 0.2) is 40.8 Å². The maximum absolute atomic E-state index is 12.6. The van der Waals surface area contributed by atoms with Crippen LogP contribution in [0.3, 0.4) is 0 Å². The van der Waals surface area contributed by atoms with Gasteiger partial charge in [-0.2, -0.15) is 0 Å². The van der Waals surface area contributed by atoms with Gasteiger partial charge in [0, 0.05) is 12.6 Å². The maximum Gasteiger partial charge on any atom is 0.287 e. The molecule has 27 heavy (non-hydrogen) atoms. The van der Waals surface area contributed by atoms with Gasteiger partial charge in [-0.05, 0) is 63.5 Å². The van der Waals surface area contributed by atoms with E-state index < -0.39 is 0 Å². The highest BCUT2D eigenvalue weighted by molar-refractivity contribution is 5.91. The Morgan fingerprint density at radius 3 is 2.74 bits per heavy atom. The van der Waals surface area contributed by atoms with E-state index in [1.54, 1.807) is 6.07 Å². The SMILES string of the molecule is Cc1ccccc1OCc1ccc(C(=O)NC2CCCCC2CN(C)C)o1. The van der Waals surface area contributed by atoms with Gasteiger partial charge in [-0.15, -0.1) is 0 Å². The summed E-state index contributed by atoms with van der Waals surface area (Å²) in [7, 11) is 4.17. The van der Waals surface area contributed by atoms with Crippen LogP contribution >= 0.6 is 0 Å². The van der Waals surface area contributed by atoms with Gasteiger partial charge in [0.2, 0.25) is 0 Å². The molecule has 5 heteroatoms. The zero-order valence-electron chi connectivity index (χ0n) is 16.5. The Hall–Kier alpha value is -2.27. The third kappa shape index (κ3) is 5.36. The van der Waals surface area contributed by atoms with E-state index in [0.717, 1.165) is 30.7 Å². The fraction of sp³-hybridized carbons (Fsp3) is 0.500.